The van der Waals surface area contributed by atoms with Gasteiger partial charge in [-0.2, -0.15) is 0 Å². The third-order valence-corrected chi connectivity index (χ3v) is 4.68. The third-order valence-electron chi connectivity index (χ3n) is 3.05. The summed E-state index contributed by atoms with van der Waals surface area (Å²) in [6.45, 7) is 2.57. The molecule has 0 N–H and O–H groups in total. The summed E-state index contributed by atoms with van der Waals surface area (Å²) in [5.41, 5.74) is 0.872. The second-order valence-electron chi connectivity index (χ2n) is 4.86. The summed E-state index contributed by atoms with van der Waals surface area (Å²) < 4.78 is 5.46. The highest BCUT2D eigenvalue weighted by Crippen LogP contribution is 2.32. The largest absolute Gasteiger partial charge is 0.466 e. The van der Waals surface area contributed by atoms with Crippen molar-refractivity contribution in [3.05, 3.63) is 39.8 Å². The Kier molecular flexibility index (Phi) is 6.62. The van der Waals surface area contributed by atoms with E-state index in [2.05, 4.69) is 0 Å². The quantitative estimate of drug-likeness (QED) is 0.432. The van der Waals surface area contributed by atoms with Crippen LogP contribution in [0.5, 0.6) is 0 Å². The lowest BCUT2D eigenvalue weighted by molar-refractivity contribution is -0.143. The predicted octanol–water partition coefficient (Wildman–Crippen LogP) is 3.88. The van der Waals surface area contributed by atoms with Crippen molar-refractivity contribution in [1.29, 1.82) is 0 Å². The Bertz CT molecular complexity index is 643. The number of hydrogen-bond acceptors (Lipinski definition) is 5. The number of ether oxygens (including phenoxy) is 1. The van der Waals surface area contributed by atoms with Crippen molar-refractivity contribution in [1.82, 2.24) is 4.90 Å². The smallest absolute Gasteiger partial charge is 0.307 e. The van der Waals surface area contributed by atoms with E-state index >= 15 is 0 Å². The number of carbonyl (C=O) groups is 2. The second kappa shape index (κ2) is 8.47. The summed E-state index contributed by atoms with van der Waals surface area (Å²) in [5.74, 6) is -0.499. The van der Waals surface area contributed by atoms with Crippen LogP contribution in [0.4, 0.5) is 0 Å². The highest BCUT2D eigenvalue weighted by atomic mass is 35.5. The summed E-state index contributed by atoms with van der Waals surface area (Å²) in [7, 11) is 0. The van der Waals surface area contributed by atoms with Crippen molar-refractivity contribution in [2.24, 2.45) is 0 Å². The zero-order valence-corrected chi connectivity index (χ0v) is 15.0. The molecule has 0 spiro atoms. The highest BCUT2D eigenvalue weighted by molar-refractivity contribution is 8.26. The maximum absolute atomic E-state index is 12.4. The van der Waals surface area contributed by atoms with Crippen molar-refractivity contribution in [2.75, 3.05) is 13.2 Å². The number of benzene rings is 1. The van der Waals surface area contributed by atoms with Gasteiger partial charge in [0.15, 0.2) is 0 Å². The number of nitrogens with zero attached hydrogens (tertiary/aromatic N) is 1. The second-order valence-corrected chi connectivity index (χ2v) is 6.97. The first-order valence-electron chi connectivity index (χ1n) is 7.18. The molecule has 1 aromatic carbocycles. The average Bonchev–Trinajstić information content (AvgIpc) is 2.79. The van der Waals surface area contributed by atoms with E-state index in [-0.39, 0.29) is 24.8 Å². The van der Waals surface area contributed by atoms with Gasteiger partial charge in [0.1, 0.15) is 4.32 Å². The molecule has 1 saturated heterocycles. The summed E-state index contributed by atoms with van der Waals surface area (Å²) in [6, 6.07) is 7.18. The molecule has 0 aromatic heterocycles. The molecule has 23 heavy (non-hydrogen) atoms. The topological polar surface area (TPSA) is 46.6 Å². The first-order chi connectivity index (χ1) is 11.0. The van der Waals surface area contributed by atoms with Gasteiger partial charge in [-0.3, -0.25) is 14.5 Å². The SMILES string of the molecule is CCCOC(=O)CCN1C(=O)/C(=C/c2ccc(Cl)cc2)SC1=S. The molecule has 1 amide bonds. The fraction of sp³-hybridized carbons (Fsp3) is 0.312. The van der Waals surface area contributed by atoms with Crippen molar-refractivity contribution in [3.8, 4) is 0 Å². The van der Waals surface area contributed by atoms with Gasteiger partial charge >= 0.3 is 5.97 Å². The normalized spacial score (nSPS) is 16.3. The molecule has 0 atom stereocenters. The van der Waals surface area contributed by atoms with Crippen molar-refractivity contribution >= 4 is 57.9 Å². The van der Waals surface area contributed by atoms with E-state index in [1.165, 1.54) is 16.7 Å². The standard InChI is InChI=1S/C16H16ClNO3S2/c1-2-9-21-14(19)7-8-18-15(20)13(23-16(18)22)10-11-3-5-12(17)6-4-11/h3-6,10H,2,7-9H2,1H3/b13-10-. The summed E-state index contributed by atoms with van der Waals surface area (Å²) in [4.78, 5) is 25.9. The molecule has 4 nitrogen and oxygen atoms in total. The fourth-order valence-electron chi connectivity index (χ4n) is 1.89. The van der Waals surface area contributed by atoms with E-state index in [0.717, 1.165) is 12.0 Å². The van der Waals surface area contributed by atoms with Crippen LogP contribution in [0.1, 0.15) is 25.3 Å². The maximum atomic E-state index is 12.4. The number of esters is 1. The minimum atomic E-state index is -0.317. The Hall–Kier alpha value is -1.37. The van der Waals surface area contributed by atoms with Crippen LogP contribution in [0.3, 0.4) is 0 Å². The molecule has 7 heteroatoms. The summed E-state index contributed by atoms with van der Waals surface area (Å²) in [6.07, 6.45) is 2.68. The monoisotopic (exact) mass is 369 g/mol. The lowest BCUT2D eigenvalue weighted by Gasteiger charge is -2.13. The molecule has 2 rings (SSSR count). The molecule has 1 aliphatic heterocycles. The van der Waals surface area contributed by atoms with E-state index in [9.17, 15) is 9.59 Å². The van der Waals surface area contributed by atoms with E-state index < -0.39 is 0 Å². The van der Waals surface area contributed by atoms with Crippen LogP contribution in [0, 0.1) is 0 Å². The van der Waals surface area contributed by atoms with Gasteiger partial charge in [0.2, 0.25) is 0 Å². The van der Waals surface area contributed by atoms with Crippen molar-refractivity contribution in [2.45, 2.75) is 19.8 Å². The molecule has 0 radical (unpaired) electrons. The molecule has 0 unspecified atom stereocenters. The summed E-state index contributed by atoms with van der Waals surface area (Å²) >= 11 is 12.3. The molecule has 1 fully saturated rings. The zero-order valence-electron chi connectivity index (χ0n) is 12.6. The van der Waals surface area contributed by atoms with Crippen LogP contribution in [0.25, 0.3) is 6.08 Å². The van der Waals surface area contributed by atoms with Crippen LogP contribution in [-0.2, 0) is 14.3 Å². The van der Waals surface area contributed by atoms with Gasteiger partial charge in [-0.15, -0.1) is 0 Å². The lowest BCUT2D eigenvalue weighted by Crippen LogP contribution is -2.30. The molecule has 122 valence electrons. The number of amides is 1. The first kappa shape index (κ1) is 18.0. The minimum absolute atomic E-state index is 0.140. The number of thiocarbonyl (C=S) groups is 1. The molecule has 0 bridgehead atoms. The molecule has 1 aromatic rings. The molecular weight excluding hydrogens is 354 g/mol. The first-order valence-corrected chi connectivity index (χ1v) is 8.78. The molecule has 1 aliphatic rings. The van der Waals surface area contributed by atoms with Gasteiger partial charge in [-0.1, -0.05) is 54.6 Å². The number of thioether (sulfide) groups is 1. The van der Waals surface area contributed by atoms with E-state index in [4.69, 9.17) is 28.6 Å². The Morgan fingerprint density at radius 1 is 1.39 bits per heavy atom. The van der Waals surface area contributed by atoms with E-state index in [1.54, 1.807) is 18.2 Å². The van der Waals surface area contributed by atoms with Crippen LogP contribution in [0.2, 0.25) is 5.02 Å². The average molecular weight is 370 g/mol. The Morgan fingerprint density at radius 2 is 2.09 bits per heavy atom. The molecule has 0 aliphatic carbocycles. The van der Waals surface area contributed by atoms with Crippen molar-refractivity contribution < 1.29 is 14.3 Å². The maximum Gasteiger partial charge on any atom is 0.307 e. The number of halogens is 1. The van der Waals surface area contributed by atoms with Crippen LogP contribution < -0.4 is 0 Å². The fourth-order valence-corrected chi connectivity index (χ4v) is 3.33. The predicted molar refractivity (Wildman–Crippen MR) is 97.2 cm³/mol. The van der Waals surface area contributed by atoms with Gasteiger partial charge in [0.05, 0.1) is 17.9 Å². The third kappa shape index (κ3) is 5.06. The molecule has 1 heterocycles. The minimum Gasteiger partial charge on any atom is -0.466 e. The Morgan fingerprint density at radius 3 is 2.74 bits per heavy atom. The number of rotatable bonds is 6. The van der Waals surface area contributed by atoms with Crippen LogP contribution >= 0.6 is 35.6 Å². The van der Waals surface area contributed by atoms with E-state index in [1.807, 2.05) is 19.1 Å². The molecule has 0 saturated carbocycles. The Balaban J connectivity index is 1.99. The van der Waals surface area contributed by atoms with E-state index in [0.29, 0.717) is 20.9 Å². The van der Waals surface area contributed by atoms with Crippen LogP contribution in [0.15, 0.2) is 29.2 Å². The highest BCUT2D eigenvalue weighted by Gasteiger charge is 2.32. The van der Waals surface area contributed by atoms with Gasteiger partial charge in [-0.25, -0.2) is 0 Å². The zero-order chi connectivity index (χ0) is 16.8. The molecular formula is C16H16ClNO3S2. The summed E-state index contributed by atoms with van der Waals surface area (Å²) in [5, 5.41) is 0.639. The van der Waals surface area contributed by atoms with Crippen molar-refractivity contribution in [3.63, 3.8) is 0 Å². The lowest BCUT2D eigenvalue weighted by atomic mass is 10.2. The van der Waals surface area contributed by atoms with Gasteiger partial charge < -0.3 is 4.74 Å². The van der Waals surface area contributed by atoms with Crippen LogP contribution in [-0.4, -0.2) is 34.2 Å². The Labute approximate surface area is 149 Å². The van der Waals surface area contributed by atoms with Gasteiger partial charge in [0, 0.05) is 11.6 Å². The number of hydrogen-bond donors (Lipinski definition) is 0. The van der Waals surface area contributed by atoms with Gasteiger partial charge in [0.25, 0.3) is 5.91 Å². The van der Waals surface area contributed by atoms with Gasteiger partial charge in [-0.05, 0) is 30.2 Å². The number of carbonyl (C=O) groups excluding carboxylic acids is 2.